The Morgan fingerprint density at radius 1 is 1.62 bits per heavy atom. The van der Waals surface area contributed by atoms with Crippen molar-refractivity contribution in [3.05, 3.63) is 22.7 Å². The molecule has 2 rings (SSSR count). The molecule has 7 nitrogen and oxygen atoms in total. The quantitative estimate of drug-likeness (QED) is 0.539. The van der Waals surface area contributed by atoms with E-state index in [9.17, 15) is 9.59 Å². The van der Waals surface area contributed by atoms with Gasteiger partial charge in [-0.3, -0.25) is 9.59 Å². The van der Waals surface area contributed by atoms with Crippen LogP contribution < -0.4 is 21.5 Å². The normalized spacial score (nSPS) is 20.8. The fourth-order valence-electron chi connectivity index (χ4n) is 1.75. The third-order valence-electron chi connectivity index (χ3n) is 2.53. The van der Waals surface area contributed by atoms with Gasteiger partial charge in [0.25, 0.3) is 5.56 Å². The lowest BCUT2D eigenvalue weighted by molar-refractivity contribution is -0.119. The molecule has 1 aliphatic heterocycles. The molecule has 4 N–H and O–H groups in total. The van der Waals surface area contributed by atoms with E-state index in [1.165, 1.54) is 12.4 Å². The van der Waals surface area contributed by atoms with Gasteiger partial charge >= 0.3 is 0 Å². The second-order valence-electron chi connectivity index (χ2n) is 3.59. The van der Waals surface area contributed by atoms with E-state index in [0.29, 0.717) is 18.9 Å². The van der Waals surface area contributed by atoms with Crippen LogP contribution >= 0.6 is 0 Å². The van der Waals surface area contributed by atoms with Crippen LogP contribution in [0.5, 0.6) is 0 Å². The fourth-order valence-corrected chi connectivity index (χ4v) is 1.75. The minimum absolute atomic E-state index is 0.244. The third-order valence-corrected chi connectivity index (χ3v) is 2.53. The van der Waals surface area contributed by atoms with Crippen LogP contribution in [-0.4, -0.2) is 41.6 Å². The number of carbonyl (C=O) groups excluding carboxylic acids is 1. The minimum Gasteiger partial charge on any atom is -0.368 e. The van der Waals surface area contributed by atoms with Crippen molar-refractivity contribution in [1.82, 2.24) is 15.3 Å². The smallest absolute Gasteiger partial charge is 0.252 e. The molecule has 0 aromatic carbocycles. The molecule has 0 radical (unpaired) electrons. The van der Waals surface area contributed by atoms with Gasteiger partial charge in [0.2, 0.25) is 5.91 Å². The Balaban J connectivity index is 2.30. The number of rotatable bonds is 2. The van der Waals surface area contributed by atoms with Gasteiger partial charge in [0.1, 0.15) is 11.9 Å². The zero-order valence-corrected chi connectivity index (χ0v) is 8.64. The second-order valence-corrected chi connectivity index (χ2v) is 3.59. The van der Waals surface area contributed by atoms with E-state index in [1.807, 2.05) is 0 Å². The highest BCUT2D eigenvalue weighted by atomic mass is 16.1. The molecule has 1 amide bonds. The van der Waals surface area contributed by atoms with Crippen LogP contribution in [0.15, 0.2) is 17.2 Å². The van der Waals surface area contributed by atoms with Gasteiger partial charge in [-0.05, 0) is 0 Å². The van der Waals surface area contributed by atoms with Crippen LogP contribution in [0.1, 0.15) is 0 Å². The minimum atomic E-state index is -0.456. The Hall–Kier alpha value is -1.89. The molecule has 1 saturated heterocycles. The van der Waals surface area contributed by atoms with Crippen molar-refractivity contribution < 1.29 is 4.79 Å². The van der Waals surface area contributed by atoms with E-state index in [0.717, 1.165) is 6.54 Å². The third kappa shape index (κ3) is 2.03. The average molecular weight is 223 g/mol. The number of primary amides is 1. The van der Waals surface area contributed by atoms with Crippen molar-refractivity contribution in [2.45, 2.75) is 6.04 Å². The number of nitrogens with two attached hydrogens (primary N) is 1. The predicted molar refractivity (Wildman–Crippen MR) is 58.1 cm³/mol. The molecule has 2 heterocycles. The van der Waals surface area contributed by atoms with E-state index in [1.54, 1.807) is 4.90 Å². The van der Waals surface area contributed by atoms with Crippen molar-refractivity contribution in [3.8, 4) is 0 Å². The Labute approximate surface area is 91.7 Å². The number of anilines is 1. The predicted octanol–water partition coefficient (Wildman–Crippen LogP) is -1.97. The van der Waals surface area contributed by atoms with Crippen LogP contribution in [-0.2, 0) is 4.79 Å². The number of amides is 1. The highest BCUT2D eigenvalue weighted by Crippen LogP contribution is 2.12. The first kappa shape index (κ1) is 10.6. The number of carbonyl (C=O) groups is 1. The van der Waals surface area contributed by atoms with Gasteiger partial charge in [0.15, 0.2) is 0 Å². The molecule has 0 spiro atoms. The molecule has 86 valence electrons. The first-order chi connectivity index (χ1) is 7.68. The zero-order valence-electron chi connectivity index (χ0n) is 8.64. The van der Waals surface area contributed by atoms with Crippen molar-refractivity contribution in [2.75, 3.05) is 24.5 Å². The Bertz CT molecular complexity index is 444. The maximum Gasteiger partial charge on any atom is 0.252 e. The lowest BCUT2D eigenvalue weighted by Crippen LogP contribution is -2.57. The summed E-state index contributed by atoms with van der Waals surface area (Å²) < 4.78 is 0. The Morgan fingerprint density at radius 2 is 2.44 bits per heavy atom. The van der Waals surface area contributed by atoms with Gasteiger partial charge in [-0.15, -0.1) is 0 Å². The van der Waals surface area contributed by atoms with E-state index in [-0.39, 0.29) is 5.56 Å². The van der Waals surface area contributed by atoms with Gasteiger partial charge in [-0.2, -0.15) is 0 Å². The first-order valence-electron chi connectivity index (χ1n) is 5.00. The van der Waals surface area contributed by atoms with Gasteiger partial charge in [-0.1, -0.05) is 0 Å². The molecule has 0 saturated carbocycles. The SMILES string of the molecule is NC(=O)C1CNCCN1c1cc(=O)[nH]cn1. The summed E-state index contributed by atoms with van der Waals surface area (Å²) in [6.45, 7) is 1.81. The highest BCUT2D eigenvalue weighted by Gasteiger charge is 2.27. The number of nitrogens with one attached hydrogen (secondary N) is 2. The van der Waals surface area contributed by atoms with Crippen LogP contribution in [0, 0.1) is 0 Å². The summed E-state index contributed by atoms with van der Waals surface area (Å²) >= 11 is 0. The van der Waals surface area contributed by atoms with E-state index in [2.05, 4.69) is 15.3 Å². The summed E-state index contributed by atoms with van der Waals surface area (Å²) in [5.41, 5.74) is 5.05. The van der Waals surface area contributed by atoms with Crippen molar-refractivity contribution in [3.63, 3.8) is 0 Å². The summed E-state index contributed by atoms with van der Waals surface area (Å²) in [7, 11) is 0. The molecule has 1 aliphatic rings. The van der Waals surface area contributed by atoms with Crippen molar-refractivity contribution >= 4 is 11.7 Å². The lowest BCUT2D eigenvalue weighted by Gasteiger charge is -2.34. The number of nitrogens with zero attached hydrogens (tertiary/aromatic N) is 2. The molecule has 0 aliphatic carbocycles. The molecule has 16 heavy (non-hydrogen) atoms. The van der Waals surface area contributed by atoms with E-state index in [4.69, 9.17) is 5.73 Å². The molecular formula is C9H13N5O2. The van der Waals surface area contributed by atoms with Crippen LogP contribution in [0.25, 0.3) is 0 Å². The highest BCUT2D eigenvalue weighted by molar-refractivity contribution is 5.83. The average Bonchev–Trinajstić information content (AvgIpc) is 2.29. The zero-order chi connectivity index (χ0) is 11.5. The summed E-state index contributed by atoms with van der Waals surface area (Å²) in [5, 5.41) is 3.07. The molecule has 7 heteroatoms. The van der Waals surface area contributed by atoms with E-state index < -0.39 is 11.9 Å². The van der Waals surface area contributed by atoms with E-state index >= 15 is 0 Å². The monoisotopic (exact) mass is 223 g/mol. The molecule has 1 fully saturated rings. The molecular weight excluding hydrogens is 210 g/mol. The summed E-state index contributed by atoms with van der Waals surface area (Å²) in [4.78, 5) is 30.6. The number of H-pyrrole nitrogens is 1. The maximum absolute atomic E-state index is 11.2. The number of hydrogen-bond donors (Lipinski definition) is 3. The molecule has 1 aromatic heterocycles. The number of hydrogen-bond acceptors (Lipinski definition) is 5. The van der Waals surface area contributed by atoms with Gasteiger partial charge in [-0.25, -0.2) is 4.98 Å². The largest absolute Gasteiger partial charge is 0.368 e. The number of aromatic amines is 1. The van der Waals surface area contributed by atoms with Crippen molar-refractivity contribution in [1.29, 1.82) is 0 Å². The van der Waals surface area contributed by atoms with Crippen molar-refractivity contribution in [2.24, 2.45) is 5.73 Å². The standard InChI is InChI=1S/C9H13N5O2/c10-9(16)6-4-11-1-2-14(6)7-3-8(15)13-5-12-7/h3,5-6,11H,1-2,4H2,(H2,10,16)(H,12,13,15). The maximum atomic E-state index is 11.2. The fraction of sp³-hybridized carbons (Fsp3) is 0.444. The van der Waals surface area contributed by atoms with Gasteiger partial charge < -0.3 is 20.9 Å². The first-order valence-corrected chi connectivity index (χ1v) is 5.00. The number of piperazine rings is 1. The van der Waals surface area contributed by atoms with Crippen LogP contribution in [0.3, 0.4) is 0 Å². The lowest BCUT2D eigenvalue weighted by atomic mass is 10.2. The molecule has 1 atom stereocenters. The summed E-state index contributed by atoms with van der Waals surface area (Å²) in [6, 6.07) is 0.907. The molecule has 1 unspecified atom stereocenters. The van der Waals surface area contributed by atoms with Crippen LogP contribution in [0.4, 0.5) is 5.82 Å². The molecule has 1 aromatic rings. The van der Waals surface area contributed by atoms with Crippen LogP contribution in [0.2, 0.25) is 0 Å². The van der Waals surface area contributed by atoms with Gasteiger partial charge in [0, 0.05) is 25.7 Å². The summed E-state index contributed by atoms with van der Waals surface area (Å²) in [5.74, 6) is 0.0586. The second kappa shape index (κ2) is 4.31. The van der Waals surface area contributed by atoms with Gasteiger partial charge in [0.05, 0.1) is 6.33 Å². The Kier molecular flexibility index (Phi) is 2.86. The number of aromatic nitrogens is 2. The topological polar surface area (TPSA) is 104 Å². The Morgan fingerprint density at radius 3 is 3.12 bits per heavy atom. The molecule has 0 bridgehead atoms. The summed E-state index contributed by atoms with van der Waals surface area (Å²) in [6.07, 6.45) is 1.32.